The second kappa shape index (κ2) is 3.15. The Morgan fingerprint density at radius 3 is 2.85 bits per heavy atom. The molecule has 13 heavy (non-hydrogen) atoms. The summed E-state index contributed by atoms with van der Waals surface area (Å²) < 4.78 is 0.990. The zero-order valence-corrected chi connectivity index (χ0v) is 8.25. The molecule has 0 amide bonds. The molecule has 0 bridgehead atoms. The third-order valence-corrected chi connectivity index (χ3v) is 2.55. The molecule has 0 aliphatic heterocycles. The monoisotopic (exact) mass is 232 g/mol. The number of fused-ring (bicyclic) bond motifs is 1. The summed E-state index contributed by atoms with van der Waals surface area (Å²) in [6.45, 7) is 0. The Bertz CT molecular complexity index is 500. The van der Waals surface area contributed by atoms with Gasteiger partial charge in [0.25, 0.3) is 0 Å². The fraction of sp³-hybridized carbons (Fsp3) is 0. The molecule has 0 unspecified atom stereocenters. The SMILES string of the molecule is N#Cc1nccc2c(Br)cccc12. The van der Waals surface area contributed by atoms with E-state index >= 15 is 0 Å². The summed E-state index contributed by atoms with van der Waals surface area (Å²) in [5.74, 6) is 0. The van der Waals surface area contributed by atoms with Crippen LogP contribution in [0.5, 0.6) is 0 Å². The first-order chi connectivity index (χ1) is 6.33. The van der Waals surface area contributed by atoms with E-state index in [1.165, 1.54) is 0 Å². The molecule has 0 saturated heterocycles. The number of halogens is 1. The second-order valence-electron chi connectivity index (χ2n) is 2.61. The van der Waals surface area contributed by atoms with Crippen LogP contribution in [0.1, 0.15) is 5.69 Å². The second-order valence-corrected chi connectivity index (χ2v) is 3.46. The summed E-state index contributed by atoms with van der Waals surface area (Å²) in [7, 11) is 0. The molecule has 3 heteroatoms. The van der Waals surface area contributed by atoms with Crippen LogP contribution in [0.2, 0.25) is 0 Å². The quantitative estimate of drug-likeness (QED) is 0.701. The molecule has 0 N–H and O–H groups in total. The van der Waals surface area contributed by atoms with Crippen LogP contribution >= 0.6 is 15.9 Å². The fourth-order valence-electron chi connectivity index (χ4n) is 1.26. The van der Waals surface area contributed by atoms with Gasteiger partial charge in [0, 0.05) is 21.4 Å². The molecule has 0 saturated carbocycles. The molecule has 2 rings (SSSR count). The van der Waals surface area contributed by atoms with E-state index in [1.54, 1.807) is 6.20 Å². The Balaban J connectivity index is 2.94. The van der Waals surface area contributed by atoms with E-state index in [-0.39, 0.29) is 0 Å². The molecule has 0 aliphatic carbocycles. The molecule has 1 aromatic carbocycles. The van der Waals surface area contributed by atoms with Crippen LogP contribution in [0.4, 0.5) is 0 Å². The van der Waals surface area contributed by atoms with Gasteiger partial charge in [0.15, 0.2) is 0 Å². The van der Waals surface area contributed by atoms with Crippen LogP contribution in [0.3, 0.4) is 0 Å². The maximum absolute atomic E-state index is 8.80. The van der Waals surface area contributed by atoms with E-state index in [4.69, 9.17) is 5.26 Å². The molecular weight excluding hydrogens is 228 g/mol. The zero-order chi connectivity index (χ0) is 9.26. The third-order valence-electron chi connectivity index (χ3n) is 1.86. The molecule has 0 fully saturated rings. The lowest BCUT2D eigenvalue weighted by molar-refractivity contribution is 1.30. The van der Waals surface area contributed by atoms with Gasteiger partial charge in [-0.1, -0.05) is 28.1 Å². The minimum Gasteiger partial charge on any atom is -0.245 e. The molecule has 62 valence electrons. The van der Waals surface area contributed by atoms with E-state index < -0.39 is 0 Å². The lowest BCUT2D eigenvalue weighted by Crippen LogP contribution is -1.84. The summed E-state index contributed by atoms with van der Waals surface area (Å²) in [4.78, 5) is 3.98. The van der Waals surface area contributed by atoms with Gasteiger partial charge in [-0.05, 0) is 12.1 Å². The molecule has 1 heterocycles. The van der Waals surface area contributed by atoms with Gasteiger partial charge in [-0.15, -0.1) is 0 Å². The van der Waals surface area contributed by atoms with Gasteiger partial charge in [-0.25, -0.2) is 4.98 Å². The van der Waals surface area contributed by atoms with Gasteiger partial charge in [0.05, 0.1) is 0 Å². The minimum absolute atomic E-state index is 0.471. The number of rotatable bonds is 0. The molecule has 0 atom stereocenters. The standard InChI is InChI=1S/C10H5BrN2/c11-9-3-1-2-8-7(9)4-5-13-10(8)6-12/h1-5H. The van der Waals surface area contributed by atoms with E-state index in [0.717, 1.165) is 15.2 Å². The van der Waals surface area contributed by atoms with Gasteiger partial charge < -0.3 is 0 Å². The lowest BCUT2D eigenvalue weighted by atomic mass is 10.1. The van der Waals surface area contributed by atoms with Gasteiger partial charge >= 0.3 is 0 Å². The predicted molar refractivity (Wildman–Crippen MR) is 54.2 cm³/mol. The van der Waals surface area contributed by atoms with Gasteiger partial charge in [-0.2, -0.15) is 5.26 Å². The van der Waals surface area contributed by atoms with Crippen LogP contribution in [0, 0.1) is 11.3 Å². The van der Waals surface area contributed by atoms with Crippen LogP contribution in [-0.2, 0) is 0 Å². The maximum atomic E-state index is 8.80. The first-order valence-corrected chi connectivity index (χ1v) is 4.55. The highest BCUT2D eigenvalue weighted by Crippen LogP contribution is 2.24. The molecular formula is C10H5BrN2. The lowest BCUT2D eigenvalue weighted by Gasteiger charge is -1.99. The van der Waals surface area contributed by atoms with Crippen LogP contribution in [-0.4, -0.2) is 4.98 Å². The largest absolute Gasteiger partial charge is 0.245 e. The molecule has 2 aromatic rings. The highest BCUT2D eigenvalue weighted by Gasteiger charge is 2.02. The van der Waals surface area contributed by atoms with Crippen molar-refractivity contribution < 1.29 is 0 Å². The van der Waals surface area contributed by atoms with Crippen molar-refractivity contribution in [2.24, 2.45) is 0 Å². The van der Waals surface area contributed by atoms with Crippen molar-refractivity contribution >= 4 is 26.7 Å². The molecule has 1 aromatic heterocycles. The molecule has 0 spiro atoms. The number of nitriles is 1. The smallest absolute Gasteiger partial charge is 0.148 e. The Labute approximate surface area is 84.0 Å². The van der Waals surface area contributed by atoms with Crippen molar-refractivity contribution in [3.63, 3.8) is 0 Å². The van der Waals surface area contributed by atoms with Crippen molar-refractivity contribution in [1.29, 1.82) is 5.26 Å². The number of aromatic nitrogens is 1. The normalized spacial score (nSPS) is 9.85. The number of benzene rings is 1. The van der Waals surface area contributed by atoms with E-state index in [2.05, 4.69) is 27.0 Å². The van der Waals surface area contributed by atoms with E-state index in [1.807, 2.05) is 24.3 Å². The highest BCUT2D eigenvalue weighted by atomic mass is 79.9. The average Bonchev–Trinajstić information content (AvgIpc) is 2.18. The average molecular weight is 233 g/mol. The molecule has 0 radical (unpaired) electrons. The van der Waals surface area contributed by atoms with Crippen molar-refractivity contribution in [2.75, 3.05) is 0 Å². The number of nitrogens with zero attached hydrogens (tertiary/aromatic N) is 2. The first kappa shape index (κ1) is 8.21. The molecule has 0 aliphatic rings. The van der Waals surface area contributed by atoms with Gasteiger partial charge in [-0.3, -0.25) is 0 Å². The van der Waals surface area contributed by atoms with Crippen molar-refractivity contribution in [1.82, 2.24) is 4.98 Å². The Kier molecular flexibility index (Phi) is 1.99. The van der Waals surface area contributed by atoms with Crippen LogP contribution < -0.4 is 0 Å². The Hall–Kier alpha value is -1.40. The maximum Gasteiger partial charge on any atom is 0.148 e. The van der Waals surface area contributed by atoms with Crippen molar-refractivity contribution in [3.8, 4) is 6.07 Å². The number of hydrogen-bond acceptors (Lipinski definition) is 2. The first-order valence-electron chi connectivity index (χ1n) is 3.76. The van der Waals surface area contributed by atoms with E-state index in [9.17, 15) is 0 Å². The van der Waals surface area contributed by atoms with Crippen LogP contribution in [0.25, 0.3) is 10.8 Å². The summed E-state index contributed by atoms with van der Waals surface area (Å²) >= 11 is 3.42. The van der Waals surface area contributed by atoms with Crippen LogP contribution in [0.15, 0.2) is 34.9 Å². The number of hydrogen-bond donors (Lipinski definition) is 0. The Morgan fingerprint density at radius 1 is 1.23 bits per heavy atom. The summed E-state index contributed by atoms with van der Waals surface area (Å²) in [6.07, 6.45) is 1.64. The number of pyridine rings is 1. The molecule has 2 nitrogen and oxygen atoms in total. The minimum atomic E-state index is 0.471. The summed E-state index contributed by atoms with van der Waals surface area (Å²) in [5, 5.41) is 10.7. The third kappa shape index (κ3) is 1.30. The summed E-state index contributed by atoms with van der Waals surface area (Å²) in [5.41, 5.74) is 0.471. The van der Waals surface area contributed by atoms with Gasteiger partial charge in [0.2, 0.25) is 0 Å². The van der Waals surface area contributed by atoms with E-state index in [0.29, 0.717) is 5.69 Å². The fourth-order valence-corrected chi connectivity index (χ4v) is 1.76. The highest BCUT2D eigenvalue weighted by molar-refractivity contribution is 9.10. The predicted octanol–water partition coefficient (Wildman–Crippen LogP) is 2.87. The Morgan fingerprint density at radius 2 is 2.08 bits per heavy atom. The van der Waals surface area contributed by atoms with Crippen molar-refractivity contribution in [3.05, 3.63) is 40.6 Å². The topological polar surface area (TPSA) is 36.7 Å². The zero-order valence-electron chi connectivity index (χ0n) is 6.66. The summed E-state index contributed by atoms with van der Waals surface area (Å²) in [6, 6.07) is 9.69. The van der Waals surface area contributed by atoms with Gasteiger partial charge in [0.1, 0.15) is 11.8 Å². The van der Waals surface area contributed by atoms with Crippen molar-refractivity contribution in [2.45, 2.75) is 0 Å².